The SMILES string of the molecule is Cc1nc(NC(=O)c2ccccn2)sc1C(=O)CCc1ccc(Cl)cc1Cl. The molecule has 0 spiro atoms. The number of nitrogens with zero attached hydrogens (tertiary/aromatic N) is 2. The molecule has 1 amide bonds. The van der Waals surface area contributed by atoms with E-state index in [1.54, 1.807) is 43.5 Å². The molecule has 0 bridgehead atoms. The predicted molar refractivity (Wildman–Crippen MR) is 108 cm³/mol. The number of ketones is 1. The van der Waals surface area contributed by atoms with Crippen LogP contribution in [0.2, 0.25) is 10.0 Å². The number of anilines is 1. The Bertz CT molecular complexity index is 990. The van der Waals surface area contributed by atoms with Gasteiger partial charge in [0.05, 0.1) is 10.6 Å². The fourth-order valence-electron chi connectivity index (χ4n) is 2.45. The molecule has 0 radical (unpaired) electrons. The van der Waals surface area contributed by atoms with E-state index in [1.807, 2.05) is 6.07 Å². The highest BCUT2D eigenvalue weighted by molar-refractivity contribution is 7.17. The van der Waals surface area contributed by atoms with Gasteiger partial charge in [0, 0.05) is 22.7 Å². The summed E-state index contributed by atoms with van der Waals surface area (Å²) in [6.45, 7) is 1.75. The molecule has 0 saturated carbocycles. The second-order valence-corrected chi connectivity index (χ2v) is 7.60. The molecule has 1 N–H and O–H groups in total. The lowest BCUT2D eigenvalue weighted by atomic mass is 10.1. The number of thiazole rings is 1. The summed E-state index contributed by atoms with van der Waals surface area (Å²) in [5.74, 6) is -0.411. The van der Waals surface area contributed by atoms with Crippen LogP contribution in [0.25, 0.3) is 0 Å². The first kappa shape index (κ1) is 19.5. The molecule has 3 rings (SSSR count). The average Bonchev–Trinajstić information content (AvgIpc) is 3.01. The zero-order valence-corrected chi connectivity index (χ0v) is 16.7. The molecule has 8 heteroatoms. The molecule has 0 unspecified atom stereocenters. The second-order valence-electron chi connectivity index (χ2n) is 5.76. The zero-order chi connectivity index (χ0) is 19.4. The summed E-state index contributed by atoms with van der Waals surface area (Å²) >= 11 is 13.2. The van der Waals surface area contributed by atoms with E-state index in [1.165, 1.54) is 0 Å². The number of carbonyl (C=O) groups is 2. The Morgan fingerprint density at radius 3 is 2.70 bits per heavy atom. The maximum Gasteiger partial charge on any atom is 0.276 e. The van der Waals surface area contributed by atoms with Crippen LogP contribution in [-0.4, -0.2) is 21.7 Å². The third-order valence-corrected chi connectivity index (χ3v) is 5.51. The molecule has 0 aliphatic rings. The minimum absolute atomic E-state index is 0.0469. The lowest BCUT2D eigenvalue weighted by Gasteiger charge is -2.04. The van der Waals surface area contributed by atoms with E-state index in [2.05, 4.69) is 15.3 Å². The number of aromatic nitrogens is 2. The monoisotopic (exact) mass is 419 g/mol. The summed E-state index contributed by atoms with van der Waals surface area (Å²) in [6.07, 6.45) is 2.33. The van der Waals surface area contributed by atoms with Crippen molar-refractivity contribution in [3.63, 3.8) is 0 Å². The summed E-state index contributed by atoms with van der Waals surface area (Å²) < 4.78 is 0. The Kier molecular flexibility index (Phi) is 6.21. The van der Waals surface area contributed by atoms with Crippen molar-refractivity contribution in [3.8, 4) is 0 Å². The summed E-state index contributed by atoms with van der Waals surface area (Å²) in [7, 11) is 0. The van der Waals surface area contributed by atoms with Crippen molar-refractivity contribution in [2.45, 2.75) is 19.8 Å². The highest BCUT2D eigenvalue weighted by Gasteiger charge is 2.18. The van der Waals surface area contributed by atoms with Gasteiger partial charge < -0.3 is 0 Å². The van der Waals surface area contributed by atoms with E-state index < -0.39 is 0 Å². The van der Waals surface area contributed by atoms with Gasteiger partial charge in [0.15, 0.2) is 10.9 Å². The van der Waals surface area contributed by atoms with Gasteiger partial charge in [-0.2, -0.15) is 0 Å². The molecule has 2 heterocycles. The van der Waals surface area contributed by atoms with E-state index in [-0.39, 0.29) is 23.8 Å². The lowest BCUT2D eigenvalue weighted by Crippen LogP contribution is -2.13. The minimum atomic E-state index is -0.365. The third kappa shape index (κ3) is 4.91. The number of nitrogens with one attached hydrogen (secondary N) is 1. The van der Waals surface area contributed by atoms with Gasteiger partial charge in [-0.15, -0.1) is 0 Å². The largest absolute Gasteiger partial charge is 0.296 e. The van der Waals surface area contributed by atoms with Gasteiger partial charge in [-0.3, -0.25) is 19.9 Å². The van der Waals surface area contributed by atoms with Crippen LogP contribution in [0.15, 0.2) is 42.6 Å². The number of aryl methyl sites for hydroxylation is 2. The van der Waals surface area contributed by atoms with Gasteiger partial charge in [-0.25, -0.2) is 4.98 Å². The van der Waals surface area contributed by atoms with Crippen LogP contribution < -0.4 is 5.32 Å². The number of Topliss-reactive ketones (excluding diaryl/α,β-unsaturated/α-hetero) is 1. The molecule has 0 aliphatic carbocycles. The summed E-state index contributed by atoms with van der Waals surface area (Å²) in [5.41, 5.74) is 1.74. The highest BCUT2D eigenvalue weighted by Crippen LogP contribution is 2.26. The average molecular weight is 420 g/mol. The first-order valence-corrected chi connectivity index (χ1v) is 9.68. The molecule has 27 heavy (non-hydrogen) atoms. The van der Waals surface area contributed by atoms with E-state index in [9.17, 15) is 9.59 Å². The van der Waals surface area contributed by atoms with Crippen molar-refractivity contribution >= 4 is 51.4 Å². The predicted octanol–water partition coefficient (Wildman–Crippen LogP) is 5.22. The molecule has 0 atom stereocenters. The number of carbonyl (C=O) groups excluding carboxylic acids is 2. The van der Waals surface area contributed by atoms with Crippen molar-refractivity contribution in [2.75, 3.05) is 5.32 Å². The van der Waals surface area contributed by atoms with Crippen molar-refractivity contribution in [1.82, 2.24) is 9.97 Å². The standard InChI is InChI=1S/C19H15Cl2N3O2S/c1-11-17(16(25)8-6-12-5-7-13(20)10-14(12)21)27-19(23-11)24-18(26)15-4-2-3-9-22-15/h2-5,7,9-10H,6,8H2,1H3,(H,23,24,26). The molecule has 0 aliphatic heterocycles. The lowest BCUT2D eigenvalue weighted by molar-refractivity contribution is 0.0984. The van der Waals surface area contributed by atoms with E-state index in [0.717, 1.165) is 16.9 Å². The third-order valence-electron chi connectivity index (χ3n) is 3.80. The molecule has 138 valence electrons. The van der Waals surface area contributed by atoms with E-state index >= 15 is 0 Å². The zero-order valence-electron chi connectivity index (χ0n) is 14.3. The number of hydrogen-bond donors (Lipinski definition) is 1. The number of halogens is 2. The first-order valence-electron chi connectivity index (χ1n) is 8.11. The molecular formula is C19H15Cl2N3O2S. The quantitative estimate of drug-likeness (QED) is 0.555. The molecule has 1 aromatic carbocycles. The van der Waals surface area contributed by atoms with Crippen molar-refractivity contribution in [1.29, 1.82) is 0 Å². The molecule has 2 aromatic heterocycles. The Labute approximate surface area is 170 Å². The van der Waals surface area contributed by atoms with Gasteiger partial charge in [-0.05, 0) is 43.2 Å². The normalized spacial score (nSPS) is 10.6. The Morgan fingerprint density at radius 1 is 1.19 bits per heavy atom. The molecule has 0 fully saturated rings. The van der Waals surface area contributed by atoms with Gasteiger partial charge in [0.25, 0.3) is 5.91 Å². The Balaban J connectivity index is 1.66. The van der Waals surface area contributed by atoms with Crippen molar-refractivity contribution < 1.29 is 9.59 Å². The van der Waals surface area contributed by atoms with Crippen LogP contribution in [0, 0.1) is 6.92 Å². The molecule has 0 saturated heterocycles. The number of amides is 1. The minimum Gasteiger partial charge on any atom is -0.296 e. The van der Waals surface area contributed by atoms with Gasteiger partial charge >= 0.3 is 0 Å². The summed E-state index contributed by atoms with van der Waals surface area (Å²) in [4.78, 5) is 33.5. The van der Waals surface area contributed by atoms with Crippen LogP contribution in [0.5, 0.6) is 0 Å². The Morgan fingerprint density at radius 2 is 2.00 bits per heavy atom. The first-order chi connectivity index (χ1) is 12.9. The van der Waals surface area contributed by atoms with Crippen LogP contribution in [0.4, 0.5) is 5.13 Å². The fraction of sp³-hybridized carbons (Fsp3) is 0.158. The summed E-state index contributed by atoms with van der Waals surface area (Å²) in [5, 5.41) is 4.15. The number of hydrogen-bond acceptors (Lipinski definition) is 5. The smallest absolute Gasteiger partial charge is 0.276 e. The topological polar surface area (TPSA) is 72.0 Å². The summed E-state index contributed by atoms with van der Waals surface area (Å²) in [6, 6.07) is 10.3. The molecule has 5 nitrogen and oxygen atoms in total. The molecule has 3 aromatic rings. The van der Waals surface area contributed by atoms with E-state index in [4.69, 9.17) is 23.2 Å². The van der Waals surface area contributed by atoms with Gasteiger partial charge in [0.1, 0.15) is 5.69 Å². The van der Waals surface area contributed by atoms with E-state index in [0.29, 0.717) is 32.2 Å². The van der Waals surface area contributed by atoms with Crippen molar-refractivity contribution in [3.05, 3.63) is 74.5 Å². The number of pyridine rings is 1. The van der Waals surface area contributed by atoms with Crippen LogP contribution in [0.1, 0.15) is 37.8 Å². The number of benzene rings is 1. The van der Waals surface area contributed by atoms with Gasteiger partial charge in [0.2, 0.25) is 0 Å². The van der Waals surface area contributed by atoms with Crippen LogP contribution >= 0.6 is 34.5 Å². The van der Waals surface area contributed by atoms with Crippen molar-refractivity contribution in [2.24, 2.45) is 0 Å². The Hall–Kier alpha value is -2.28. The maximum atomic E-state index is 12.6. The fourth-order valence-corrected chi connectivity index (χ4v) is 3.88. The second kappa shape index (κ2) is 8.61. The highest BCUT2D eigenvalue weighted by atomic mass is 35.5. The van der Waals surface area contributed by atoms with Crippen LogP contribution in [-0.2, 0) is 6.42 Å². The van der Waals surface area contributed by atoms with Crippen LogP contribution in [0.3, 0.4) is 0 Å². The maximum absolute atomic E-state index is 12.6. The number of rotatable bonds is 6. The van der Waals surface area contributed by atoms with Gasteiger partial charge in [-0.1, -0.05) is 46.7 Å². The molecular weight excluding hydrogens is 405 g/mol.